The molecule has 0 spiro atoms. The molecular formula is C20H35IN4O. The van der Waals surface area contributed by atoms with Crippen LogP contribution >= 0.6 is 24.0 Å². The normalized spacial score (nSPS) is 15.8. The predicted molar refractivity (Wildman–Crippen MR) is 120 cm³/mol. The van der Waals surface area contributed by atoms with Gasteiger partial charge in [0, 0.05) is 13.1 Å². The molecule has 0 radical (unpaired) electrons. The van der Waals surface area contributed by atoms with Gasteiger partial charge in [-0.1, -0.05) is 37.1 Å². The Morgan fingerprint density at radius 1 is 1.08 bits per heavy atom. The first-order valence-corrected chi connectivity index (χ1v) is 9.75. The molecule has 1 aromatic rings. The standard InChI is InChI=1S/C20H34N4O.HI/c1-2-21-20(23-16-18-10-5-6-11-19(18)17-25)22-12-9-15-24-13-7-3-4-8-14-24;/h5-6,10-11,25H,2-4,7-9,12-17H2,1H3,(H2,21,22,23);1H. The van der Waals surface area contributed by atoms with E-state index in [0.717, 1.165) is 36.6 Å². The van der Waals surface area contributed by atoms with Crippen molar-refractivity contribution in [2.24, 2.45) is 4.99 Å². The minimum Gasteiger partial charge on any atom is -0.392 e. The van der Waals surface area contributed by atoms with Gasteiger partial charge >= 0.3 is 0 Å². The maximum atomic E-state index is 9.42. The average Bonchev–Trinajstić information content (AvgIpc) is 2.92. The molecule has 26 heavy (non-hydrogen) atoms. The Morgan fingerprint density at radius 3 is 2.42 bits per heavy atom. The average molecular weight is 474 g/mol. The summed E-state index contributed by atoms with van der Waals surface area (Å²) in [5.41, 5.74) is 2.02. The van der Waals surface area contributed by atoms with E-state index in [4.69, 9.17) is 0 Å². The van der Waals surface area contributed by atoms with Gasteiger partial charge in [0.05, 0.1) is 13.2 Å². The van der Waals surface area contributed by atoms with Crippen LogP contribution in [-0.4, -0.2) is 48.7 Å². The Bertz CT molecular complexity index is 516. The van der Waals surface area contributed by atoms with Crippen molar-refractivity contribution >= 4 is 29.9 Å². The van der Waals surface area contributed by atoms with Crippen molar-refractivity contribution in [1.82, 2.24) is 15.5 Å². The van der Waals surface area contributed by atoms with E-state index in [9.17, 15) is 5.11 Å². The van der Waals surface area contributed by atoms with Crippen LogP contribution in [0.3, 0.4) is 0 Å². The molecule has 0 saturated carbocycles. The summed E-state index contributed by atoms with van der Waals surface area (Å²) in [6, 6.07) is 7.92. The van der Waals surface area contributed by atoms with Crippen LogP contribution in [0.1, 0.15) is 50.2 Å². The summed E-state index contributed by atoms with van der Waals surface area (Å²) in [6.07, 6.45) is 6.61. The molecule has 0 aromatic heterocycles. The van der Waals surface area contributed by atoms with E-state index in [0.29, 0.717) is 6.54 Å². The fourth-order valence-electron chi connectivity index (χ4n) is 3.24. The second kappa shape index (κ2) is 14.2. The highest BCUT2D eigenvalue weighted by Crippen LogP contribution is 2.10. The zero-order valence-corrected chi connectivity index (χ0v) is 18.4. The van der Waals surface area contributed by atoms with Crippen LogP contribution in [-0.2, 0) is 13.2 Å². The van der Waals surface area contributed by atoms with Crippen molar-refractivity contribution in [3.05, 3.63) is 35.4 Å². The summed E-state index contributed by atoms with van der Waals surface area (Å²) in [5.74, 6) is 0.853. The number of hydrogen-bond donors (Lipinski definition) is 3. The molecule has 0 bridgehead atoms. The van der Waals surface area contributed by atoms with E-state index in [2.05, 4.69) is 27.4 Å². The van der Waals surface area contributed by atoms with Gasteiger partial charge in [0.2, 0.25) is 0 Å². The zero-order chi connectivity index (χ0) is 17.7. The van der Waals surface area contributed by atoms with Gasteiger partial charge in [0.1, 0.15) is 0 Å². The molecule has 0 unspecified atom stereocenters. The summed E-state index contributed by atoms with van der Waals surface area (Å²) < 4.78 is 0. The van der Waals surface area contributed by atoms with Crippen LogP contribution in [0.4, 0.5) is 0 Å². The van der Waals surface area contributed by atoms with Crippen molar-refractivity contribution in [3.63, 3.8) is 0 Å². The molecule has 3 N–H and O–H groups in total. The lowest BCUT2D eigenvalue weighted by Gasteiger charge is -2.20. The topological polar surface area (TPSA) is 59.9 Å². The number of benzene rings is 1. The van der Waals surface area contributed by atoms with Crippen LogP contribution in [0.15, 0.2) is 29.3 Å². The number of aliphatic hydroxyl groups excluding tert-OH is 1. The molecule has 1 aliphatic rings. The van der Waals surface area contributed by atoms with Crippen molar-refractivity contribution in [3.8, 4) is 0 Å². The fourth-order valence-corrected chi connectivity index (χ4v) is 3.24. The lowest BCUT2D eigenvalue weighted by atomic mass is 10.1. The lowest BCUT2D eigenvalue weighted by molar-refractivity contribution is 0.280. The second-order valence-electron chi connectivity index (χ2n) is 6.66. The van der Waals surface area contributed by atoms with Crippen LogP contribution in [0.25, 0.3) is 0 Å². The Balaban J connectivity index is 0.00000338. The van der Waals surface area contributed by atoms with Crippen molar-refractivity contribution in [2.45, 2.75) is 52.2 Å². The number of aliphatic imine (C=N–C) groups is 1. The number of nitrogens with one attached hydrogen (secondary N) is 2. The molecule has 1 aromatic carbocycles. The van der Waals surface area contributed by atoms with Gasteiger partial charge in [-0.3, -0.25) is 0 Å². The Hall–Kier alpha value is -0.860. The van der Waals surface area contributed by atoms with Gasteiger partial charge in [0.25, 0.3) is 0 Å². The first kappa shape index (κ1) is 23.2. The van der Waals surface area contributed by atoms with Gasteiger partial charge in [-0.25, -0.2) is 4.99 Å². The summed E-state index contributed by atoms with van der Waals surface area (Å²) in [5, 5.41) is 16.2. The van der Waals surface area contributed by atoms with Crippen LogP contribution in [0.5, 0.6) is 0 Å². The van der Waals surface area contributed by atoms with E-state index in [-0.39, 0.29) is 30.6 Å². The van der Waals surface area contributed by atoms with E-state index < -0.39 is 0 Å². The molecule has 1 fully saturated rings. The number of guanidine groups is 1. The maximum absolute atomic E-state index is 9.42. The summed E-state index contributed by atoms with van der Waals surface area (Å²) in [4.78, 5) is 7.25. The van der Waals surface area contributed by atoms with Crippen LogP contribution < -0.4 is 10.6 Å². The molecular weight excluding hydrogens is 439 g/mol. The molecule has 1 heterocycles. The first-order valence-electron chi connectivity index (χ1n) is 9.75. The minimum absolute atomic E-state index is 0. The molecule has 1 saturated heterocycles. The van der Waals surface area contributed by atoms with Gasteiger partial charge in [-0.15, -0.1) is 24.0 Å². The number of likely N-dealkylation sites (tertiary alicyclic amines) is 1. The molecule has 0 atom stereocenters. The molecule has 0 aliphatic carbocycles. The molecule has 1 aliphatic heterocycles. The van der Waals surface area contributed by atoms with Crippen molar-refractivity contribution in [1.29, 1.82) is 0 Å². The Labute approximate surface area is 175 Å². The number of rotatable bonds is 8. The molecule has 0 amide bonds. The smallest absolute Gasteiger partial charge is 0.191 e. The zero-order valence-electron chi connectivity index (χ0n) is 16.0. The minimum atomic E-state index is 0. The van der Waals surface area contributed by atoms with Gasteiger partial charge < -0.3 is 20.6 Å². The van der Waals surface area contributed by atoms with Gasteiger partial charge in [-0.2, -0.15) is 0 Å². The van der Waals surface area contributed by atoms with Crippen LogP contribution in [0.2, 0.25) is 0 Å². The lowest BCUT2D eigenvalue weighted by Crippen LogP contribution is -2.39. The highest BCUT2D eigenvalue weighted by molar-refractivity contribution is 14.0. The number of aliphatic hydroxyl groups is 1. The van der Waals surface area contributed by atoms with Gasteiger partial charge in [-0.05, 0) is 56.9 Å². The first-order chi connectivity index (χ1) is 12.3. The van der Waals surface area contributed by atoms with Crippen molar-refractivity contribution < 1.29 is 5.11 Å². The fraction of sp³-hybridized carbons (Fsp3) is 0.650. The number of nitrogens with zero attached hydrogens (tertiary/aromatic N) is 2. The third-order valence-corrected chi connectivity index (χ3v) is 4.68. The third kappa shape index (κ3) is 8.68. The predicted octanol–water partition coefficient (Wildman–Crippen LogP) is 3.12. The Morgan fingerprint density at radius 2 is 1.77 bits per heavy atom. The van der Waals surface area contributed by atoms with E-state index >= 15 is 0 Å². The number of halogens is 1. The molecule has 6 heteroatoms. The largest absolute Gasteiger partial charge is 0.392 e. The van der Waals surface area contributed by atoms with E-state index in [1.807, 2.05) is 24.3 Å². The monoisotopic (exact) mass is 474 g/mol. The Kier molecular flexibility index (Phi) is 12.7. The molecule has 2 rings (SSSR count). The molecule has 148 valence electrons. The summed E-state index contributed by atoms with van der Waals surface area (Å²) in [6.45, 7) is 8.18. The van der Waals surface area contributed by atoms with E-state index in [1.165, 1.54) is 45.3 Å². The highest BCUT2D eigenvalue weighted by atomic mass is 127. The summed E-state index contributed by atoms with van der Waals surface area (Å²) in [7, 11) is 0. The maximum Gasteiger partial charge on any atom is 0.191 e. The highest BCUT2D eigenvalue weighted by Gasteiger charge is 2.08. The quantitative estimate of drug-likeness (QED) is 0.235. The third-order valence-electron chi connectivity index (χ3n) is 4.68. The molecule has 5 nitrogen and oxygen atoms in total. The van der Waals surface area contributed by atoms with Gasteiger partial charge in [0.15, 0.2) is 5.96 Å². The second-order valence-corrected chi connectivity index (χ2v) is 6.66. The van der Waals surface area contributed by atoms with E-state index in [1.54, 1.807) is 0 Å². The SMILES string of the molecule is CCNC(=NCc1ccccc1CO)NCCCN1CCCCCC1.I. The van der Waals surface area contributed by atoms with Crippen molar-refractivity contribution in [2.75, 3.05) is 32.7 Å². The summed E-state index contributed by atoms with van der Waals surface area (Å²) >= 11 is 0. The van der Waals surface area contributed by atoms with Crippen LogP contribution in [0, 0.1) is 0 Å². The number of hydrogen-bond acceptors (Lipinski definition) is 3.